The number of aromatic nitrogens is 5. The number of nitrogens with two attached hydrogens (primary N) is 1. The van der Waals surface area contributed by atoms with Crippen molar-refractivity contribution in [2.24, 2.45) is 17.1 Å². The Morgan fingerprint density at radius 3 is 2.52 bits per heavy atom. The van der Waals surface area contributed by atoms with E-state index in [4.69, 9.17) is 10.5 Å². The van der Waals surface area contributed by atoms with E-state index in [0.717, 1.165) is 24.8 Å². The Balaban J connectivity index is 1.11. The average molecular weight is 750 g/mol. The first-order chi connectivity index (χ1) is 23.7. The van der Waals surface area contributed by atoms with Gasteiger partial charge in [-0.25, -0.2) is 24.1 Å². The van der Waals surface area contributed by atoms with Crippen LogP contribution in [0.15, 0.2) is 41.3 Å². The number of halogens is 2. The van der Waals surface area contributed by atoms with Crippen LogP contribution < -0.4 is 15.8 Å². The first-order valence-electron chi connectivity index (χ1n) is 16.7. The van der Waals surface area contributed by atoms with Crippen LogP contribution in [0.1, 0.15) is 76.7 Å². The molecule has 15 heteroatoms. The van der Waals surface area contributed by atoms with E-state index < -0.39 is 30.0 Å². The van der Waals surface area contributed by atoms with E-state index >= 15 is 0 Å². The molecule has 1 aromatic carbocycles. The minimum absolute atomic E-state index is 0.0198. The number of nitrogens with zero attached hydrogens (tertiary/aromatic N) is 6. The Labute approximate surface area is 295 Å². The topological polar surface area (TPSA) is 178 Å². The van der Waals surface area contributed by atoms with Gasteiger partial charge in [0.15, 0.2) is 5.82 Å². The smallest absolute Gasteiger partial charge is 0.330 e. The molecule has 1 saturated heterocycles. The van der Waals surface area contributed by atoms with Gasteiger partial charge in [-0.15, -0.1) is 0 Å². The van der Waals surface area contributed by atoms with Crippen LogP contribution in [-0.2, 0) is 20.9 Å². The second-order valence-corrected chi connectivity index (χ2v) is 15.0. The van der Waals surface area contributed by atoms with Gasteiger partial charge in [0.2, 0.25) is 11.8 Å². The normalized spacial score (nSPS) is 22.4. The molecule has 4 N–H and O–H groups in total. The molecule has 0 bridgehead atoms. The van der Waals surface area contributed by atoms with Gasteiger partial charge in [0.1, 0.15) is 29.0 Å². The Kier molecular flexibility index (Phi) is 8.71. The van der Waals surface area contributed by atoms with Gasteiger partial charge < -0.3 is 25.8 Å². The maximum absolute atomic E-state index is 14.3. The molecule has 3 aromatic heterocycles. The van der Waals surface area contributed by atoms with Gasteiger partial charge in [-0.1, -0.05) is 26.8 Å². The van der Waals surface area contributed by atoms with E-state index in [1.54, 1.807) is 22.6 Å². The zero-order valence-corrected chi connectivity index (χ0v) is 29.6. The van der Waals surface area contributed by atoms with Gasteiger partial charge in [-0.3, -0.25) is 14.3 Å². The minimum atomic E-state index is -0.937. The number of anilines is 1. The first kappa shape index (κ1) is 34.1. The van der Waals surface area contributed by atoms with E-state index in [1.807, 2.05) is 26.0 Å². The van der Waals surface area contributed by atoms with Crippen molar-refractivity contribution in [3.8, 4) is 17.1 Å². The van der Waals surface area contributed by atoms with Gasteiger partial charge >= 0.3 is 12.0 Å². The minimum Gasteiger partial charge on any atom is -0.390 e. The number of likely N-dealkylation sites (tertiary alicyclic amines) is 1. The third-order valence-electron chi connectivity index (χ3n) is 10.1. The molecule has 3 fully saturated rings. The van der Waals surface area contributed by atoms with E-state index in [0.29, 0.717) is 40.0 Å². The Bertz CT molecular complexity index is 2020. The molecular formula is C35H38BrFN8O5. The fraction of sp³-hybridized carbons (Fsp3) is 0.457. The summed E-state index contributed by atoms with van der Waals surface area (Å²) in [5.41, 5.74) is 8.72. The molecule has 4 heterocycles. The first-order valence-corrected chi connectivity index (χ1v) is 17.5. The Morgan fingerprint density at radius 2 is 1.86 bits per heavy atom. The highest BCUT2D eigenvalue weighted by atomic mass is 79.9. The summed E-state index contributed by atoms with van der Waals surface area (Å²) in [6, 6.07) is 5.15. The number of hydrogen-bond donors (Lipinski definition) is 3. The second kappa shape index (κ2) is 12.8. The number of amides is 2. The number of pyridine rings is 1. The Morgan fingerprint density at radius 1 is 1.14 bits per heavy atom. The van der Waals surface area contributed by atoms with E-state index in [9.17, 15) is 23.9 Å². The molecule has 2 saturated carbocycles. The molecular weight excluding hydrogens is 711 g/mol. The van der Waals surface area contributed by atoms with Crippen molar-refractivity contribution in [3.05, 3.63) is 58.3 Å². The van der Waals surface area contributed by atoms with Crippen molar-refractivity contribution in [2.45, 2.75) is 90.1 Å². The third-order valence-corrected chi connectivity index (χ3v) is 10.6. The number of nitrogens with one attached hydrogen (secondary N) is 1. The highest BCUT2D eigenvalue weighted by Crippen LogP contribution is 2.59. The highest BCUT2D eigenvalue weighted by Gasteiger charge is 2.64. The summed E-state index contributed by atoms with van der Waals surface area (Å²) in [4.78, 5) is 54.3. The number of carbonyl (C=O) groups is 3. The molecule has 1 aliphatic heterocycles. The van der Waals surface area contributed by atoms with Gasteiger partial charge in [-0.2, -0.15) is 5.10 Å². The summed E-state index contributed by atoms with van der Waals surface area (Å²) >= 11 is 3.13. The standard InChI is InChI=1S/C35H38BrFN8O5/c1-16(2)28(38)33(49)50-34-39-13-20(14-40-34)19-7-8-24-22(9-19)29(17(3)46)43-44(24)15-27(47)45-25(11-35(4)12-26(35)45)32(48)42-31-21(18-5-6-18)10-23(37)30(36)41-31/h7-10,13-14,16-18,25-26,28,46H,5-6,11-12,15,38H2,1-4H3,(H,41,42,48)/t17?,25-,26?,28-,35-/m0/s1. The number of carbonyl (C=O) groups excluding carboxylic acids is 3. The van der Waals surface area contributed by atoms with Crippen molar-refractivity contribution in [3.63, 3.8) is 0 Å². The predicted octanol–water partition coefficient (Wildman–Crippen LogP) is 4.63. The lowest BCUT2D eigenvalue weighted by Crippen LogP contribution is -2.47. The number of esters is 1. The molecule has 2 amide bonds. The molecule has 7 rings (SSSR count). The molecule has 0 spiro atoms. The van der Waals surface area contributed by atoms with E-state index in [1.165, 1.54) is 18.5 Å². The molecule has 0 radical (unpaired) electrons. The number of rotatable bonds is 10. The van der Waals surface area contributed by atoms with Gasteiger partial charge in [0.05, 0.1) is 17.3 Å². The van der Waals surface area contributed by atoms with Gasteiger partial charge in [-0.05, 0) is 89.6 Å². The van der Waals surface area contributed by atoms with Crippen molar-refractivity contribution in [2.75, 3.05) is 5.32 Å². The van der Waals surface area contributed by atoms with Crippen LogP contribution in [0.5, 0.6) is 6.01 Å². The van der Waals surface area contributed by atoms with Crippen molar-refractivity contribution in [1.82, 2.24) is 29.6 Å². The lowest BCUT2D eigenvalue weighted by molar-refractivity contribution is -0.138. The number of benzene rings is 1. The summed E-state index contributed by atoms with van der Waals surface area (Å²) in [5.74, 6) is -1.37. The zero-order chi connectivity index (χ0) is 35.6. The van der Waals surface area contributed by atoms with Crippen LogP contribution in [-0.4, -0.2) is 70.6 Å². The summed E-state index contributed by atoms with van der Waals surface area (Å²) in [6.07, 6.45) is 5.20. The molecule has 13 nitrogen and oxygen atoms in total. The number of aliphatic hydroxyl groups excluding tert-OH is 1. The van der Waals surface area contributed by atoms with Crippen LogP contribution in [0.25, 0.3) is 22.0 Å². The maximum atomic E-state index is 14.3. The van der Waals surface area contributed by atoms with Crippen LogP contribution >= 0.6 is 15.9 Å². The summed E-state index contributed by atoms with van der Waals surface area (Å²) < 4.78 is 21.1. The number of aliphatic hydroxyl groups is 1. The number of ether oxygens (including phenoxy) is 1. The zero-order valence-electron chi connectivity index (χ0n) is 28.1. The average Bonchev–Trinajstić information content (AvgIpc) is 3.98. The van der Waals surface area contributed by atoms with Crippen LogP contribution in [0.2, 0.25) is 0 Å². The Hall–Kier alpha value is -4.34. The molecule has 4 aromatic rings. The van der Waals surface area contributed by atoms with Gasteiger partial charge in [0.25, 0.3) is 0 Å². The number of fused-ring (bicyclic) bond motifs is 2. The van der Waals surface area contributed by atoms with Crippen LogP contribution in [0, 0.1) is 17.2 Å². The van der Waals surface area contributed by atoms with E-state index in [2.05, 4.69) is 48.2 Å². The molecule has 5 atom stereocenters. The molecule has 2 unspecified atom stereocenters. The summed E-state index contributed by atoms with van der Waals surface area (Å²) in [6.45, 7) is 7.16. The maximum Gasteiger partial charge on any atom is 0.330 e. The number of piperidine rings is 1. The lowest BCUT2D eigenvalue weighted by Gasteiger charge is -2.27. The number of hydrogen-bond acceptors (Lipinski definition) is 10. The van der Waals surface area contributed by atoms with Crippen LogP contribution in [0.3, 0.4) is 0 Å². The lowest BCUT2D eigenvalue weighted by atomic mass is 10.0. The second-order valence-electron chi connectivity index (χ2n) is 14.3. The molecule has 2 aliphatic carbocycles. The molecule has 50 heavy (non-hydrogen) atoms. The fourth-order valence-electron chi connectivity index (χ4n) is 6.82. The monoisotopic (exact) mass is 748 g/mol. The summed E-state index contributed by atoms with van der Waals surface area (Å²) in [5, 5.41) is 18.8. The SMILES string of the molecule is CC(O)c1nn(CC(=O)N2C3C[C@]3(C)C[C@H]2C(=O)Nc2nc(Br)c(F)cc2C2CC2)c2ccc(-c3cnc(OC(=O)[C@@H](N)C(C)C)nc3)cc12. The fourth-order valence-corrected chi connectivity index (χ4v) is 7.11. The van der Waals surface area contributed by atoms with Crippen molar-refractivity contribution < 1.29 is 28.6 Å². The predicted molar refractivity (Wildman–Crippen MR) is 184 cm³/mol. The van der Waals surface area contributed by atoms with Crippen molar-refractivity contribution >= 4 is 50.4 Å². The van der Waals surface area contributed by atoms with Crippen molar-refractivity contribution in [1.29, 1.82) is 0 Å². The third kappa shape index (κ3) is 6.37. The highest BCUT2D eigenvalue weighted by molar-refractivity contribution is 9.10. The van der Waals surface area contributed by atoms with Crippen LogP contribution in [0.4, 0.5) is 10.2 Å². The van der Waals surface area contributed by atoms with Gasteiger partial charge in [0, 0.05) is 34.9 Å². The van der Waals surface area contributed by atoms with E-state index in [-0.39, 0.29) is 52.3 Å². The largest absolute Gasteiger partial charge is 0.390 e. The molecule has 3 aliphatic rings. The molecule has 262 valence electrons. The summed E-state index contributed by atoms with van der Waals surface area (Å²) in [7, 11) is 0. The quantitative estimate of drug-likeness (QED) is 0.153.